The second-order valence-electron chi connectivity index (χ2n) is 4.27. The second kappa shape index (κ2) is 4.62. The van der Waals surface area contributed by atoms with Gasteiger partial charge in [0.2, 0.25) is 0 Å². The molecule has 1 aromatic carbocycles. The highest BCUT2D eigenvalue weighted by atomic mass is 79.9. The molecule has 0 aromatic heterocycles. The summed E-state index contributed by atoms with van der Waals surface area (Å²) in [6.45, 7) is 0. The van der Waals surface area contributed by atoms with Crippen LogP contribution in [0.5, 0.6) is 0 Å². The van der Waals surface area contributed by atoms with Gasteiger partial charge in [-0.1, -0.05) is 15.9 Å². The van der Waals surface area contributed by atoms with E-state index in [4.69, 9.17) is 0 Å². The first-order chi connectivity index (χ1) is 7.15. The van der Waals surface area contributed by atoms with Gasteiger partial charge in [-0.05, 0) is 55.4 Å². The number of rotatable bonds is 2. The molecule has 2 atom stereocenters. The molecule has 82 valence electrons. The fourth-order valence-corrected chi connectivity index (χ4v) is 2.65. The highest BCUT2D eigenvalue weighted by Crippen LogP contribution is 2.30. The summed E-state index contributed by atoms with van der Waals surface area (Å²) < 4.78 is 14.0. The summed E-state index contributed by atoms with van der Waals surface area (Å²) in [5, 5.41) is 9.42. The Morgan fingerprint density at radius 2 is 2.20 bits per heavy atom. The Balaban J connectivity index is 2.07. The van der Waals surface area contributed by atoms with Crippen molar-refractivity contribution in [3.8, 4) is 0 Å². The van der Waals surface area contributed by atoms with Crippen molar-refractivity contribution in [2.75, 3.05) is 0 Å². The average Bonchev–Trinajstić information content (AvgIpc) is 2.58. The van der Waals surface area contributed by atoms with Crippen molar-refractivity contribution in [3.05, 3.63) is 34.1 Å². The molecular weight excluding hydrogens is 259 g/mol. The van der Waals surface area contributed by atoms with Crippen molar-refractivity contribution in [3.63, 3.8) is 0 Å². The lowest BCUT2D eigenvalue weighted by Crippen LogP contribution is -2.03. The molecule has 2 rings (SSSR count). The van der Waals surface area contributed by atoms with Crippen molar-refractivity contribution in [1.82, 2.24) is 0 Å². The Kier molecular flexibility index (Phi) is 3.42. The quantitative estimate of drug-likeness (QED) is 0.876. The van der Waals surface area contributed by atoms with Crippen LogP contribution in [-0.4, -0.2) is 11.2 Å². The van der Waals surface area contributed by atoms with Crippen LogP contribution in [0.1, 0.15) is 24.8 Å². The van der Waals surface area contributed by atoms with Crippen LogP contribution >= 0.6 is 15.9 Å². The smallest absolute Gasteiger partial charge is 0.123 e. The van der Waals surface area contributed by atoms with Crippen LogP contribution in [-0.2, 0) is 6.42 Å². The largest absolute Gasteiger partial charge is 0.393 e. The number of benzene rings is 1. The van der Waals surface area contributed by atoms with Crippen LogP contribution in [0.3, 0.4) is 0 Å². The molecule has 1 aliphatic rings. The predicted molar refractivity (Wildman–Crippen MR) is 61.2 cm³/mol. The number of halogens is 2. The minimum absolute atomic E-state index is 0.151. The number of hydrogen-bond acceptors (Lipinski definition) is 1. The normalized spacial score (nSPS) is 25.8. The van der Waals surface area contributed by atoms with Crippen molar-refractivity contribution < 1.29 is 9.50 Å². The van der Waals surface area contributed by atoms with Gasteiger partial charge in [-0.2, -0.15) is 0 Å². The van der Waals surface area contributed by atoms with E-state index in [-0.39, 0.29) is 11.9 Å². The van der Waals surface area contributed by atoms with Crippen LogP contribution in [0.2, 0.25) is 0 Å². The Morgan fingerprint density at radius 1 is 1.40 bits per heavy atom. The second-order valence-corrected chi connectivity index (χ2v) is 5.13. The van der Waals surface area contributed by atoms with Crippen molar-refractivity contribution >= 4 is 15.9 Å². The summed E-state index contributed by atoms with van der Waals surface area (Å²) in [6.07, 6.45) is 3.49. The highest BCUT2D eigenvalue weighted by Gasteiger charge is 2.23. The molecule has 1 saturated carbocycles. The fraction of sp³-hybridized carbons (Fsp3) is 0.500. The van der Waals surface area contributed by atoms with Gasteiger partial charge in [-0.3, -0.25) is 0 Å². The van der Waals surface area contributed by atoms with Gasteiger partial charge in [0.25, 0.3) is 0 Å². The van der Waals surface area contributed by atoms with E-state index < -0.39 is 0 Å². The SMILES string of the molecule is OC1CCC(Cc2cc(F)ccc2Br)C1. The topological polar surface area (TPSA) is 20.2 Å². The van der Waals surface area contributed by atoms with E-state index in [2.05, 4.69) is 15.9 Å². The van der Waals surface area contributed by atoms with E-state index in [1.165, 1.54) is 6.07 Å². The van der Waals surface area contributed by atoms with E-state index in [1.54, 1.807) is 12.1 Å². The van der Waals surface area contributed by atoms with E-state index in [9.17, 15) is 9.50 Å². The third kappa shape index (κ3) is 2.79. The maximum atomic E-state index is 13.0. The van der Waals surface area contributed by atoms with E-state index >= 15 is 0 Å². The molecule has 0 bridgehead atoms. The predicted octanol–water partition coefficient (Wildman–Crippen LogP) is 3.29. The summed E-state index contributed by atoms with van der Waals surface area (Å²) in [6, 6.07) is 4.78. The lowest BCUT2D eigenvalue weighted by Gasteiger charge is -2.10. The number of aliphatic hydroxyl groups excluding tert-OH is 1. The van der Waals surface area contributed by atoms with E-state index in [0.29, 0.717) is 5.92 Å². The highest BCUT2D eigenvalue weighted by molar-refractivity contribution is 9.10. The van der Waals surface area contributed by atoms with Crippen LogP contribution in [0, 0.1) is 11.7 Å². The Labute approximate surface area is 97.4 Å². The molecule has 15 heavy (non-hydrogen) atoms. The Morgan fingerprint density at radius 3 is 2.87 bits per heavy atom. The van der Waals surface area contributed by atoms with E-state index in [1.807, 2.05) is 0 Å². The zero-order valence-electron chi connectivity index (χ0n) is 8.42. The Bertz CT molecular complexity index is 353. The van der Waals surface area contributed by atoms with Gasteiger partial charge in [0.05, 0.1) is 6.10 Å². The maximum absolute atomic E-state index is 13.0. The zero-order valence-corrected chi connectivity index (χ0v) is 10.0. The molecule has 0 saturated heterocycles. The van der Waals surface area contributed by atoms with Gasteiger partial charge in [-0.25, -0.2) is 4.39 Å². The molecule has 0 amide bonds. The van der Waals surface area contributed by atoms with Gasteiger partial charge in [0, 0.05) is 4.47 Å². The average molecular weight is 273 g/mol. The first-order valence-electron chi connectivity index (χ1n) is 5.27. The molecule has 0 radical (unpaired) electrons. The van der Waals surface area contributed by atoms with Gasteiger partial charge < -0.3 is 5.11 Å². The molecule has 1 fully saturated rings. The summed E-state index contributed by atoms with van der Waals surface area (Å²) in [4.78, 5) is 0. The standard InChI is InChI=1S/C12H14BrFO/c13-12-4-2-10(14)7-9(12)5-8-1-3-11(15)6-8/h2,4,7-8,11,15H,1,3,5-6H2. The lowest BCUT2D eigenvalue weighted by molar-refractivity contribution is 0.177. The van der Waals surface area contributed by atoms with Gasteiger partial charge in [0.1, 0.15) is 5.82 Å². The molecule has 1 aromatic rings. The third-order valence-electron chi connectivity index (χ3n) is 3.03. The summed E-state index contributed by atoms with van der Waals surface area (Å²) in [7, 11) is 0. The minimum atomic E-state index is -0.188. The third-order valence-corrected chi connectivity index (χ3v) is 3.80. The lowest BCUT2D eigenvalue weighted by atomic mass is 9.98. The monoisotopic (exact) mass is 272 g/mol. The van der Waals surface area contributed by atoms with Gasteiger partial charge in [0.15, 0.2) is 0 Å². The molecule has 0 aliphatic heterocycles. The van der Waals surface area contributed by atoms with E-state index in [0.717, 1.165) is 35.7 Å². The summed E-state index contributed by atoms with van der Waals surface area (Å²) >= 11 is 3.42. The molecular formula is C12H14BrFO. The molecule has 0 spiro atoms. The van der Waals surface area contributed by atoms with Crippen molar-refractivity contribution in [2.45, 2.75) is 31.8 Å². The molecule has 1 N–H and O–H groups in total. The van der Waals surface area contributed by atoms with Crippen LogP contribution in [0.15, 0.2) is 22.7 Å². The molecule has 1 aliphatic carbocycles. The molecule has 0 heterocycles. The number of hydrogen-bond donors (Lipinski definition) is 1. The Hall–Kier alpha value is -0.410. The minimum Gasteiger partial charge on any atom is -0.393 e. The van der Waals surface area contributed by atoms with Gasteiger partial charge >= 0.3 is 0 Å². The van der Waals surface area contributed by atoms with Crippen molar-refractivity contribution in [2.24, 2.45) is 5.92 Å². The van der Waals surface area contributed by atoms with Crippen LogP contribution in [0.4, 0.5) is 4.39 Å². The summed E-state index contributed by atoms with van der Waals surface area (Å²) in [5.41, 5.74) is 1.01. The van der Waals surface area contributed by atoms with Crippen molar-refractivity contribution in [1.29, 1.82) is 0 Å². The van der Waals surface area contributed by atoms with Gasteiger partial charge in [-0.15, -0.1) is 0 Å². The maximum Gasteiger partial charge on any atom is 0.123 e. The fourth-order valence-electron chi connectivity index (χ4n) is 2.24. The molecule has 1 nitrogen and oxygen atoms in total. The van der Waals surface area contributed by atoms with Crippen LogP contribution < -0.4 is 0 Å². The zero-order chi connectivity index (χ0) is 10.8. The number of aliphatic hydroxyl groups is 1. The molecule has 2 unspecified atom stereocenters. The first-order valence-corrected chi connectivity index (χ1v) is 6.06. The first kappa shape index (κ1) is 11.1. The summed E-state index contributed by atoms with van der Waals surface area (Å²) in [5.74, 6) is 0.310. The van der Waals surface area contributed by atoms with Crippen LogP contribution in [0.25, 0.3) is 0 Å². The molecule has 3 heteroatoms.